The third kappa shape index (κ3) is 4.68. The van der Waals surface area contributed by atoms with Gasteiger partial charge in [-0.2, -0.15) is 26.3 Å². The van der Waals surface area contributed by atoms with Crippen molar-refractivity contribution in [3.8, 4) is 5.75 Å². The molecule has 0 spiro atoms. The minimum Gasteiger partial charge on any atom is -0.470 e. The third-order valence-corrected chi connectivity index (χ3v) is 4.06. The third-order valence-electron chi connectivity index (χ3n) is 4.06. The minimum atomic E-state index is -5.00. The fraction of sp³-hybridized carbons (Fsp3) is 0.278. The van der Waals surface area contributed by atoms with E-state index in [1.165, 1.54) is 0 Å². The van der Waals surface area contributed by atoms with Crippen LogP contribution in [0.4, 0.5) is 36.8 Å². The summed E-state index contributed by atoms with van der Waals surface area (Å²) < 4.78 is 82.8. The highest BCUT2D eigenvalue weighted by Gasteiger charge is 2.37. The number of fused-ring (bicyclic) bond motifs is 1. The summed E-state index contributed by atoms with van der Waals surface area (Å²) in [5.41, 5.74) is -2.72. The van der Waals surface area contributed by atoms with Crippen molar-refractivity contribution in [3.05, 3.63) is 59.2 Å². The first-order chi connectivity index (χ1) is 13.0. The maximum atomic E-state index is 12.9. The summed E-state index contributed by atoms with van der Waals surface area (Å²) in [6, 6.07) is 7.01. The second-order valence-electron chi connectivity index (χ2n) is 6.15. The molecule has 1 aliphatic heterocycles. The van der Waals surface area contributed by atoms with Crippen LogP contribution in [0.2, 0.25) is 0 Å². The van der Waals surface area contributed by atoms with E-state index in [2.05, 4.69) is 5.32 Å². The lowest BCUT2D eigenvalue weighted by atomic mass is 10.1. The fourth-order valence-electron chi connectivity index (χ4n) is 2.77. The Morgan fingerprint density at radius 2 is 1.57 bits per heavy atom. The van der Waals surface area contributed by atoms with E-state index in [0.717, 1.165) is 5.56 Å². The molecule has 2 aromatic rings. The van der Waals surface area contributed by atoms with E-state index in [-0.39, 0.29) is 6.07 Å². The number of hydrogen-bond donors (Lipinski definition) is 2. The number of rotatable bonds is 2. The summed E-state index contributed by atoms with van der Waals surface area (Å²) in [6.07, 6.45) is -9.75. The van der Waals surface area contributed by atoms with Gasteiger partial charge in [0, 0.05) is 12.1 Å². The second kappa shape index (κ2) is 7.25. The first-order valence-corrected chi connectivity index (χ1v) is 8.14. The number of hydrogen-bond acceptors (Lipinski definition) is 2. The lowest BCUT2D eigenvalue weighted by molar-refractivity contribution is -0.143. The van der Waals surface area contributed by atoms with Gasteiger partial charge in [-0.15, -0.1) is 0 Å². The Morgan fingerprint density at radius 1 is 0.964 bits per heavy atom. The molecule has 0 aliphatic carbocycles. The average Bonchev–Trinajstić information content (AvgIpc) is 2.59. The molecular weight excluding hydrogens is 390 g/mol. The SMILES string of the molecule is O=C(Nc1cc(C(F)(F)F)cc(C(F)(F)F)c1)N[C@@H]1CCc2ccccc2O1. The number of carbonyl (C=O) groups is 1. The molecule has 2 N–H and O–H groups in total. The molecule has 0 fully saturated rings. The van der Waals surface area contributed by atoms with Gasteiger partial charge in [-0.1, -0.05) is 18.2 Å². The molecule has 0 saturated heterocycles. The van der Waals surface area contributed by atoms with Crippen molar-refractivity contribution in [2.24, 2.45) is 0 Å². The van der Waals surface area contributed by atoms with Crippen LogP contribution in [0.25, 0.3) is 0 Å². The van der Waals surface area contributed by atoms with Crippen molar-refractivity contribution in [2.75, 3.05) is 5.32 Å². The van der Waals surface area contributed by atoms with Crippen molar-refractivity contribution < 1.29 is 35.9 Å². The number of anilines is 1. The Hall–Kier alpha value is -2.91. The van der Waals surface area contributed by atoms with Gasteiger partial charge in [-0.05, 0) is 36.2 Å². The lowest BCUT2D eigenvalue weighted by Crippen LogP contribution is -2.43. The monoisotopic (exact) mass is 404 g/mol. The highest BCUT2D eigenvalue weighted by Crippen LogP contribution is 2.37. The van der Waals surface area contributed by atoms with Crippen molar-refractivity contribution in [2.45, 2.75) is 31.4 Å². The van der Waals surface area contributed by atoms with Crippen molar-refractivity contribution >= 4 is 11.7 Å². The van der Waals surface area contributed by atoms with Crippen LogP contribution in [0.15, 0.2) is 42.5 Å². The van der Waals surface area contributed by atoms with Crippen LogP contribution < -0.4 is 15.4 Å². The molecule has 3 rings (SSSR count). The van der Waals surface area contributed by atoms with Crippen molar-refractivity contribution in [1.82, 2.24) is 5.32 Å². The highest BCUT2D eigenvalue weighted by atomic mass is 19.4. The number of alkyl halides is 6. The molecule has 1 aliphatic rings. The number of halogens is 6. The average molecular weight is 404 g/mol. The number of nitrogens with one attached hydrogen (secondary N) is 2. The van der Waals surface area contributed by atoms with Gasteiger partial charge in [0.1, 0.15) is 5.75 Å². The summed E-state index contributed by atoms with van der Waals surface area (Å²) in [5, 5.41) is 4.40. The Kier molecular flexibility index (Phi) is 5.14. The largest absolute Gasteiger partial charge is 0.470 e. The van der Waals surface area contributed by atoms with E-state index in [1.54, 1.807) is 12.1 Å². The summed E-state index contributed by atoms with van der Waals surface area (Å²) in [4.78, 5) is 12.0. The smallest absolute Gasteiger partial charge is 0.416 e. The molecule has 150 valence electrons. The van der Waals surface area contributed by atoms with E-state index in [1.807, 2.05) is 17.4 Å². The highest BCUT2D eigenvalue weighted by molar-refractivity contribution is 5.89. The van der Waals surface area contributed by atoms with E-state index in [4.69, 9.17) is 4.74 Å². The molecule has 10 heteroatoms. The van der Waals surface area contributed by atoms with Crippen LogP contribution >= 0.6 is 0 Å². The number of benzene rings is 2. The maximum Gasteiger partial charge on any atom is 0.416 e. The lowest BCUT2D eigenvalue weighted by Gasteiger charge is -2.26. The summed E-state index contributed by atoms with van der Waals surface area (Å²) in [7, 11) is 0. The van der Waals surface area contributed by atoms with E-state index >= 15 is 0 Å². The van der Waals surface area contributed by atoms with Gasteiger partial charge in [-0.25, -0.2) is 4.79 Å². The minimum absolute atomic E-state index is 0.00966. The molecule has 2 amide bonds. The molecule has 1 heterocycles. The predicted molar refractivity (Wildman–Crippen MR) is 87.8 cm³/mol. The molecule has 28 heavy (non-hydrogen) atoms. The number of amides is 2. The van der Waals surface area contributed by atoms with Crippen LogP contribution in [-0.4, -0.2) is 12.3 Å². The Balaban J connectivity index is 1.73. The number of urea groups is 1. The maximum absolute atomic E-state index is 12.9. The predicted octanol–water partition coefficient (Wildman–Crippen LogP) is 5.20. The van der Waals surface area contributed by atoms with Crippen LogP contribution in [-0.2, 0) is 18.8 Å². The van der Waals surface area contributed by atoms with Gasteiger partial charge in [0.05, 0.1) is 11.1 Å². The van der Waals surface area contributed by atoms with E-state index < -0.39 is 41.4 Å². The molecule has 0 unspecified atom stereocenters. The van der Waals surface area contributed by atoms with Gasteiger partial charge < -0.3 is 15.4 Å². The number of aryl methyl sites for hydroxylation is 1. The zero-order chi connectivity index (χ0) is 20.5. The van der Waals surface area contributed by atoms with Gasteiger partial charge in [0.25, 0.3) is 0 Å². The molecule has 1 atom stereocenters. The zero-order valence-corrected chi connectivity index (χ0v) is 14.1. The number of ether oxygens (including phenoxy) is 1. The van der Waals surface area contributed by atoms with Crippen LogP contribution in [0.3, 0.4) is 0 Å². The van der Waals surface area contributed by atoms with Crippen LogP contribution in [0, 0.1) is 0 Å². The molecule has 0 radical (unpaired) electrons. The molecular formula is C18H14F6N2O2. The standard InChI is InChI=1S/C18H14F6N2O2/c19-17(20,21)11-7-12(18(22,23)24)9-13(8-11)25-16(27)26-15-6-5-10-3-1-2-4-14(10)28-15/h1-4,7-9,15H,5-6H2,(H2,25,26,27)/t15-/m0/s1. The molecule has 0 aromatic heterocycles. The molecule has 4 nitrogen and oxygen atoms in total. The quantitative estimate of drug-likeness (QED) is 0.677. The van der Waals surface area contributed by atoms with Crippen LogP contribution in [0.1, 0.15) is 23.1 Å². The van der Waals surface area contributed by atoms with Crippen molar-refractivity contribution in [1.29, 1.82) is 0 Å². The topological polar surface area (TPSA) is 50.4 Å². The van der Waals surface area contributed by atoms with Gasteiger partial charge in [-0.3, -0.25) is 0 Å². The normalized spacial score (nSPS) is 16.7. The Labute approximate surface area is 155 Å². The van der Waals surface area contributed by atoms with E-state index in [0.29, 0.717) is 30.7 Å². The fourth-order valence-corrected chi connectivity index (χ4v) is 2.77. The van der Waals surface area contributed by atoms with Crippen LogP contribution in [0.5, 0.6) is 5.75 Å². The van der Waals surface area contributed by atoms with Crippen molar-refractivity contribution in [3.63, 3.8) is 0 Å². The summed E-state index contributed by atoms with van der Waals surface area (Å²) in [6.45, 7) is 0. The number of para-hydroxylation sites is 1. The van der Waals surface area contributed by atoms with Gasteiger partial charge >= 0.3 is 18.4 Å². The van der Waals surface area contributed by atoms with Gasteiger partial charge in [0.15, 0.2) is 6.23 Å². The Morgan fingerprint density at radius 3 is 2.18 bits per heavy atom. The Bertz CT molecular complexity index is 847. The zero-order valence-electron chi connectivity index (χ0n) is 14.1. The van der Waals surface area contributed by atoms with E-state index in [9.17, 15) is 31.1 Å². The summed E-state index contributed by atoms with van der Waals surface area (Å²) in [5.74, 6) is 0.553. The van der Waals surface area contributed by atoms with Gasteiger partial charge in [0.2, 0.25) is 0 Å². The molecule has 0 saturated carbocycles. The molecule has 0 bridgehead atoms. The summed E-state index contributed by atoms with van der Waals surface area (Å²) >= 11 is 0. The first kappa shape index (κ1) is 19.8. The molecule has 2 aromatic carbocycles. The first-order valence-electron chi connectivity index (χ1n) is 8.14. The second-order valence-corrected chi connectivity index (χ2v) is 6.15. The number of carbonyl (C=O) groups excluding carboxylic acids is 1.